The number of rotatable bonds is 1. The molecule has 1 saturated heterocycles. The van der Waals surface area contributed by atoms with E-state index in [1.54, 1.807) is 0 Å². The molecule has 1 heterocycles. The number of hydrogen-bond donors (Lipinski definition) is 2. The Bertz CT molecular complexity index is 126. The van der Waals surface area contributed by atoms with E-state index in [9.17, 15) is 4.79 Å². The molecule has 0 aromatic rings. The van der Waals surface area contributed by atoms with Crippen LogP contribution in [-0.2, 0) is 4.79 Å². The third kappa shape index (κ3) is 6.16. The average molecular weight is 173 g/mol. The van der Waals surface area contributed by atoms with Gasteiger partial charge in [-0.3, -0.25) is 4.79 Å². The van der Waals surface area contributed by atoms with Gasteiger partial charge in [-0.05, 0) is 18.9 Å². The monoisotopic (exact) mass is 173 g/mol. The number of carboxylic acid groups (broad SMARTS) is 1. The van der Waals surface area contributed by atoms with Crippen molar-refractivity contribution in [1.82, 2.24) is 5.32 Å². The van der Waals surface area contributed by atoms with E-state index < -0.39 is 5.97 Å². The summed E-state index contributed by atoms with van der Waals surface area (Å²) in [6, 6.07) is 0. The molecular formula is C9H19NO2. The fourth-order valence-electron chi connectivity index (χ4n) is 0.865. The van der Waals surface area contributed by atoms with E-state index in [-0.39, 0.29) is 5.92 Å². The number of carboxylic acids is 1. The summed E-state index contributed by atoms with van der Waals surface area (Å²) in [4.78, 5) is 10.2. The predicted octanol–water partition coefficient (Wildman–Crippen LogP) is 1.34. The van der Waals surface area contributed by atoms with E-state index in [4.69, 9.17) is 5.11 Å². The van der Waals surface area contributed by atoms with Gasteiger partial charge in [0.25, 0.3) is 0 Å². The van der Waals surface area contributed by atoms with Crippen LogP contribution in [0.5, 0.6) is 0 Å². The zero-order valence-corrected chi connectivity index (χ0v) is 8.13. The molecule has 0 radical (unpaired) electrons. The minimum Gasteiger partial charge on any atom is -0.481 e. The van der Waals surface area contributed by atoms with Crippen molar-refractivity contribution in [2.24, 2.45) is 11.8 Å². The first-order valence-corrected chi connectivity index (χ1v) is 4.47. The molecule has 12 heavy (non-hydrogen) atoms. The highest BCUT2D eigenvalue weighted by Gasteiger charge is 2.20. The van der Waals surface area contributed by atoms with E-state index >= 15 is 0 Å². The highest BCUT2D eigenvalue weighted by Crippen LogP contribution is 2.05. The van der Waals surface area contributed by atoms with E-state index in [1.165, 1.54) is 0 Å². The third-order valence-electron chi connectivity index (χ3n) is 1.41. The fourth-order valence-corrected chi connectivity index (χ4v) is 0.865. The molecule has 3 nitrogen and oxygen atoms in total. The van der Waals surface area contributed by atoms with Crippen LogP contribution in [-0.4, -0.2) is 24.2 Å². The second-order valence-electron chi connectivity index (χ2n) is 3.76. The van der Waals surface area contributed by atoms with Crippen molar-refractivity contribution in [2.75, 3.05) is 13.1 Å². The summed E-state index contributed by atoms with van der Waals surface area (Å²) in [5.74, 6) is 0.0324. The predicted molar refractivity (Wildman–Crippen MR) is 49.1 cm³/mol. The Morgan fingerprint density at radius 1 is 1.50 bits per heavy atom. The summed E-state index contributed by atoms with van der Waals surface area (Å²) in [5, 5.41) is 11.3. The van der Waals surface area contributed by atoms with Gasteiger partial charge < -0.3 is 10.4 Å². The molecule has 0 aromatic heterocycles. The molecule has 0 bridgehead atoms. The lowest BCUT2D eigenvalue weighted by Gasteiger charge is -1.96. The second-order valence-corrected chi connectivity index (χ2v) is 3.76. The molecule has 0 spiro atoms. The Labute approximate surface area is 74.2 Å². The molecule has 1 rings (SSSR count). The first-order chi connectivity index (χ1) is 5.54. The number of nitrogens with one attached hydrogen (secondary N) is 1. The zero-order valence-electron chi connectivity index (χ0n) is 8.13. The van der Waals surface area contributed by atoms with Gasteiger partial charge in [0.2, 0.25) is 0 Å². The smallest absolute Gasteiger partial charge is 0.307 e. The van der Waals surface area contributed by atoms with E-state index in [2.05, 4.69) is 26.1 Å². The van der Waals surface area contributed by atoms with Crippen LogP contribution in [0.2, 0.25) is 0 Å². The summed E-state index contributed by atoms with van der Waals surface area (Å²) in [6.07, 6.45) is 0.787. The van der Waals surface area contributed by atoms with Gasteiger partial charge in [-0.25, -0.2) is 0 Å². The van der Waals surface area contributed by atoms with Gasteiger partial charge in [-0.2, -0.15) is 0 Å². The lowest BCUT2D eigenvalue weighted by molar-refractivity contribution is -0.140. The van der Waals surface area contributed by atoms with Crippen molar-refractivity contribution >= 4 is 5.97 Å². The Morgan fingerprint density at radius 2 is 2.00 bits per heavy atom. The van der Waals surface area contributed by atoms with E-state index in [1.807, 2.05) is 0 Å². The lowest BCUT2D eigenvalue weighted by Crippen LogP contribution is -2.16. The third-order valence-corrected chi connectivity index (χ3v) is 1.41. The van der Waals surface area contributed by atoms with Gasteiger partial charge in [-0.1, -0.05) is 20.8 Å². The topological polar surface area (TPSA) is 49.3 Å². The SMILES string of the molecule is CC(C)C.O=C(O)C1CCNC1. The van der Waals surface area contributed by atoms with Crippen molar-refractivity contribution in [2.45, 2.75) is 27.2 Å². The Hall–Kier alpha value is -0.570. The van der Waals surface area contributed by atoms with Crippen LogP contribution >= 0.6 is 0 Å². The summed E-state index contributed by atoms with van der Waals surface area (Å²) in [6.45, 7) is 8.01. The van der Waals surface area contributed by atoms with Crippen LogP contribution in [0.1, 0.15) is 27.2 Å². The van der Waals surface area contributed by atoms with Crippen molar-refractivity contribution in [1.29, 1.82) is 0 Å². The molecule has 0 amide bonds. The normalized spacial score (nSPS) is 21.8. The molecule has 3 heteroatoms. The molecule has 0 aliphatic carbocycles. The van der Waals surface area contributed by atoms with Crippen LogP contribution in [0.25, 0.3) is 0 Å². The molecule has 1 aliphatic heterocycles. The van der Waals surface area contributed by atoms with E-state index in [0.717, 1.165) is 18.9 Å². The molecule has 2 N–H and O–H groups in total. The summed E-state index contributed by atoms with van der Waals surface area (Å²) < 4.78 is 0. The van der Waals surface area contributed by atoms with Crippen molar-refractivity contribution in [3.05, 3.63) is 0 Å². The molecule has 1 aliphatic rings. The molecule has 72 valence electrons. The Kier molecular flexibility index (Phi) is 5.72. The van der Waals surface area contributed by atoms with E-state index in [0.29, 0.717) is 6.54 Å². The minimum atomic E-state index is -0.671. The van der Waals surface area contributed by atoms with Gasteiger partial charge in [0.05, 0.1) is 5.92 Å². The van der Waals surface area contributed by atoms with Crippen molar-refractivity contribution in [3.63, 3.8) is 0 Å². The van der Waals surface area contributed by atoms with Gasteiger partial charge in [0, 0.05) is 6.54 Å². The lowest BCUT2D eigenvalue weighted by atomic mass is 10.1. The largest absolute Gasteiger partial charge is 0.481 e. The first-order valence-electron chi connectivity index (χ1n) is 4.47. The van der Waals surface area contributed by atoms with Crippen LogP contribution in [0.4, 0.5) is 0 Å². The van der Waals surface area contributed by atoms with Crippen molar-refractivity contribution < 1.29 is 9.90 Å². The van der Waals surface area contributed by atoms with Crippen molar-refractivity contribution in [3.8, 4) is 0 Å². The van der Waals surface area contributed by atoms with Crippen LogP contribution in [0.15, 0.2) is 0 Å². The molecule has 1 atom stereocenters. The molecule has 1 fully saturated rings. The van der Waals surface area contributed by atoms with Crippen LogP contribution in [0.3, 0.4) is 0 Å². The number of carbonyl (C=O) groups is 1. The molecular weight excluding hydrogens is 154 g/mol. The molecule has 0 aromatic carbocycles. The molecule has 1 unspecified atom stereocenters. The van der Waals surface area contributed by atoms with Gasteiger partial charge >= 0.3 is 5.97 Å². The zero-order chi connectivity index (χ0) is 9.56. The van der Waals surface area contributed by atoms with Gasteiger partial charge in [0.15, 0.2) is 0 Å². The Balaban J connectivity index is 0.000000261. The van der Waals surface area contributed by atoms with Crippen LogP contribution < -0.4 is 5.32 Å². The quantitative estimate of drug-likeness (QED) is 0.629. The van der Waals surface area contributed by atoms with Gasteiger partial charge in [0.1, 0.15) is 0 Å². The second kappa shape index (κ2) is 6.00. The maximum atomic E-state index is 10.2. The summed E-state index contributed by atoms with van der Waals surface area (Å²) in [7, 11) is 0. The minimum absolute atomic E-state index is 0.130. The maximum absolute atomic E-state index is 10.2. The number of hydrogen-bond acceptors (Lipinski definition) is 2. The van der Waals surface area contributed by atoms with Crippen LogP contribution in [0, 0.1) is 11.8 Å². The fraction of sp³-hybridized carbons (Fsp3) is 0.889. The van der Waals surface area contributed by atoms with Gasteiger partial charge in [-0.15, -0.1) is 0 Å². The number of aliphatic carboxylic acids is 1. The standard InChI is InChI=1S/C5H9NO2.C4H10/c7-5(8)4-1-2-6-3-4;1-4(2)3/h4,6H,1-3H2,(H,7,8);4H,1-3H3. The maximum Gasteiger partial charge on any atom is 0.307 e. The highest BCUT2D eigenvalue weighted by atomic mass is 16.4. The molecule has 0 saturated carbocycles. The highest BCUT2D eigenvalue weighted by molar-refractivity contribution is 5.70. The first kappa shape index (κ1) is 11.4. The average Bonchev–Trinajstić information content (AvgIpc) is 2.34. The summed E-state index contributed by atoms with van der Waals surface area (Å²) in [5.41, 5.74) is 0. The Morgan fingerprint density at radius 3 is 2.17 bits per heavy atom. The summed E-state index contributed by atoms with van der Waals surface area (Å²) >= 11 is 0.